The number of alkyl halides is 3. The van der Waals surface area contributed by atoms with Gasteiger partial charge in [0.1, 0.15) is 5.75 Å². The Morgan fingerprint density at radius 3 is 2.48 bits per heavy atom. The molecule has 2 aromatic carbocycles. The van der Waals surface area contributed by atoms with Crippen LogP contribution in [0.2, 0.25) is 0 Å². The first-order valence-corrected chi connectivity index (χ1v) is 6.81. The summed E-state index contributed by atoms with van der Waals surface area (Å²) in [6.45, 7) is 0.382. The molecule has 0 aliphatic heterocycles. The van der Waals surface area contributed by atoms with Crippen molar-refractivity contribution in [1.29, 1.82) is 5.26 Å². The van der Waals surface area contributed by atoms with Crippen molar-refractivity contribution in [2.75, 3.05) is 19.1 Å². The Hall–Kier alpha value is -2.68. The normalized spacial score (nSPS) is 11.0. The average Bonchev–Trinajstić information content (AvgIpc) is 2.53. The zero-order chi connectivity index (χ0) is 17.0. The number of anilines is 1. The van der Waals surface area contributed by atoms with Crippen LogP contribution in [-0.4, -0.2) is 14.2 Å². The molecule has 2 aromatic rings. The van der Waals surface area contributed by atoms with Gasteiger partial charge >= 0.3 is 6.18 Å². The molecule has 0 aliphatic carbocycles. The van der Waals surface area contributed by atoms with Gasteiger partial charge in [-0.3, -0.25) is 0 Å². The van der Waals surface area contributed by atoms with Gasteiger partial charge in [-0.1, -0.05) is 18.2 Å². The summed E-state index contributed by atoms with van der Waals surface area (Å²) in [4.78, 5) is 1.67. The number of ether oxygens (including phenoxy) is 1. The molecule has 23 heavy (non-hydrogen) atoms. The molecule has 0 heterocycles. The lowest BCUT2D eigenvalue weighted by atomic mass is 10.1. The van der Waals surface area contributed by atoms with E-state index in [9.17, 15) is 13.2 Å². The Bertz CT molecular complexity index is 735. The smallest absolute Gasteiger partial charge is 0.417 e. The van der Waals surface area contributed by atoms with Gasteiger partial charge in [0.05, 0.1) is 24.3 Å². The van der Waals surface area contributed by atoms with Crippen molar-refractivity contribution in [1.82, 2.24) is 0 Å². The van der Waals surface area contributed by atoms with Crippen LogP contribution < -0.4 is 9.64 Å². The Morgan fingerprint density at radius 1 is 1.17 bits per heavy atom. The minimum atomic E-state index is -4.56. The number of para-hydroxylation sites is 1. The molecule has 0 aromatic heterocycles. The van der Waals surface area contributed by atoms with E-state index in [4.69, 9.17) is 10.00 Å². The summed E-state index contributed by atoms with van der Waals surface area (Å²) in [7, 11) is 3.23. The third kappa shape index (κ3) is 3.75. The number of nitrogens with zero attached hydrogens (tertiary/aromatic N) is 2. The van der Waals surface area contributed by atoms with E-state index in [1.54, 1.807) is 31.2 Å². The second-order valence-electron chi connectivity index (χ2n) is 5.01. The van der Waals surface area contributed by atoms with Crippen LogP contribution in [0.25, 0.3) is 0 Å². The molecule has 0 bridgehead atoms. The first-order chi connectivity index (χ1) is 10.9. The molecule has 0 spiro atoms. The molecule has 0 atom stereocenters. The lowest BCUT2D eigenvalue weighted by molar-refractivity contribution is -0.137. The fraction of sp³-hybridized carbons (Fsp3) is 0.235. The highest BCUT2D eigenvalue weighted by Crippen LogP contribution is 2.34. The van der Waals surface area contributed by atoms with Crippen molar-refractivity contribution in [2.24, 2.45) is 0 Å². The Balaban J connectivity index is 2.33. The quantitative estimate of drug-likeness (QED) is 0.846. The van der Waals surface area contributed by atoms with E-state index in [0.717, 1.165) is 11.6 Å². The Labute approximate surface area is 132 Å². The molecule has 0 radical (unpaired) electrons. The second kappa shape index (κ2) is 6.61. The van der Waals surface area contributed by atoms with Crippen LogP contribution in [-0.2, 0) is 12.7 Å². The van der Waals surface area contributed by atoms with Crippen molar-refractivity contribution >= 4 is 5.69 Å². The van der Waals surface area contributed by atoms with E-state index < -0.39 is 11.7 Å². The zero-order valence-electron chi connectivity index (χ0n) is 12.7. The molecule has 0 saturated carbocycles. The first-order valence-electron chi connectivity index (χ1n) is 6.81. The highest BCUT2D eigenvalue weighted by atomic mass is 19.4. The monoisotopic (exact) mass is 320 g/mol. The number of rotatable bonds is 4. The Kier molecular flexibility index (Phi) is 4.80. The van der Waals surface area contributed by atoms with Crippen LogP contribution in [0.4, 0.5) is 18.9 Å². The average molecular weight is 320 g/mol. The SMILES string of the molecule is COc1ccccc1CN(C)c1ccc(C#N)c(C(F)(F)F)c1. The van der Waals surface area contributed by atoms with E-state index in [0.29, 0.717) is 18.0 Å². The molecule has 6 heteroatoms. The highest BCUT2D eigenvalue weighted by Gasteiger charge is 2.34. The minimum Gasteiger partial charge on any atom is -0.496 e. The van der Waals surface area contributed by atoms with Crippen LogP contribution in [0.1, 0.15) is 16.7 Å². The maximum atomic E-state index is 13.0. The minimum absolute atomic E-state index is 0.377. The number of nitriles is 1. The molecule has 0 fully saturated rings. The summed E-state index contributed by atoms with van der Waals surface area (Å²) >= 11 is 0. The third-order valence-corrected chi connectivity index (χ3v) is 3.47. The van der Waals surface area contributed by atoms with Gasteiger partial charge in [0.25, 0.3) is 0 Å². The van der Waals surface area contributed by atoms with Crippen LogP contribution in [0.3, 0.4) is 0 Å². The number of benzene rings is 2. The highest BCUT2D eigenvalue weighted by molar-refractivity contribution is 5.55. The maximum absolute atomic E-state index is 13.0. The molecule has 0 aliphatic rings. The van der Waals surface area contributed by atoms with Crippen LogP contribution in [0.5, 0.6) is 5.75 Å². The number of hydrogen-bond donors (Lipinski definition) is 0. The van der Waals surface area contributed by atoms with E-state index in [1.165, 1.54) is 12.1 Å². The van der Waals surface area contributed by atoms with Crippen molar-refractivity contribution in [3.05, 3.63) is 59.2 Å². The standard InChI is InChI=1S/C17H15F3N2O/c1-22(11-13-5-3-4-6-16(13)23-2)14-8-7-12(10-21)15(9-14)17(18,19)20/h3-9H,11H2,1-2H3. The summed E-state index contributed by atoms with van der Waals surface area (Å²) in [5.41, 5.74) is -0.0750. The lowest BCUT2D eigenvalue weighted by Gasteiger charge is -2.22. The van der Waals surface area contributed by atoms with E-state index in [1.807, 2.05) is 18.2 Å². The van der Waals surface area contributed by atoms with Crippen molar-refractivity contribution in [3.8, 4) is 11.8 Å². The molecule has 0 unspecified atom stereocenters. The van der Waals surface area contributed by atoms with Crippen LogP contribution in [0.15, 0.2) is 42.5 Å². The molecular formula is C17H15F3N2O. The third-order valence-electron chi connectivity index (χ3n) is 3.47. The van der Waals surface area contributed by atoms with Gasteiger partial charge in [0.15, 0.2) is 0 Å². The predicted octanol–water partition coefficient (Wildman–Crippen LogP) is 4.22. The molecule has 0 saturated heterocycles. The summed E-state index contributed by atoms with van der Waals surface area (Å²) in [6, 6.07) is 12.6. The predicted molar refractivity (Wildman–Crippen MR) is 81.3 cm³/mol. The van der Waals surface area contributed by atoms with Gasteiger partial charge in [-0.2, -0.15) is 18.4 Å². The largest absolute Gasteiger partial charge is 0.496 e. The molecule has 2 rings (SSSR count). The summed E-state index contributed by atoms with van der Waals surface area (Å²) < 4.78 is 44.4. The van der Waals surface area contributed by atoms with Gasteiger partial charge in [-0.15, -0.1) is 0 Å². The fourth-order valence-electron chi connectivity index (χ4n) is 2.28. The summed E-state index contributed by atoms with van der Waals surface area (Å²) in [5.74, 6) is 0.670. The fourth-order valence-corrected chi connectivity index (χ4v) is 2.28. The van der Waals surface area contributed by atoms with Gasteiger partial charge < -0.3 is 9.64 Å². The molecule has 0 N–H and O–H groups in total. The summed E-state index contributed by atoms with van der Waals surface area (Å²) in [6.07, 6.45) is -4.56. The molecule has 120 valence electrons. The molecule has 0 amide bonds. The molecule has 3 nitrogen and oxygen atoms in total. The van der Waals surface area contributed by atoms with Crippen LogP contribution in [0, 0.1) is 11.3 Å². The number of methoxy groups -OCH3 is 1. The van der Waals surface area contributed by atoms with Crippen molar-refractivity contribution < 1.29 is 17.9 Å². The number of hydrogen-bond acceptors (Lipinski definition) is 3. The Morgan fingerprint density at radius 2 is 1.87 bits per heavy atom. The van der Waals surface area contributed by atoms with Gasteiger partial charge in [0.2, 0.25) is 0 Å². The molecular weight excluding hydrogens is 305 g/mol. The van der Waals surface area contributed by atoms with Crippen LogP contribution >= 0.6 is 0 Å². The number of halogens is 3. The van der Waals surface area contributed by atoms with Crippen molar-refractivity contribution in [3.63, 3.8) is 0 Å². The maximum Gasteiger partial charge on any atom is 0.417 e. The van der Waals surface area contributed by atoms with Gasteiger partial charge in [0, 0.05) is 24.8 Å². The lowest BCUT2D eigenvalue weighted by Crippen LogP contribution is -2.18. The van der Waals surface area contributed by atoms with Gasteiger partial charge in [-0.25, -0.2) is 0 Å². The van der Waals surface area contributed by atoms with E-state index in [-0.39, 0.29) is 5.56 Å². The zero-order valence-corrected chi connectivity index (χ0v) is 12.7. The first kappa shape index (κ1) is 16.7. The topological polar surface area (TPSA) is 36.3 Å². The van der Waals surface area contributed by atoms with Crippen molar-refractivity contribution in [2.45, 2.75) is 12.7 Å². The summed E-state index contributed by atoms with van der Waals surface area (Å²) in [5, 5.41) is 8.83. The van der Waals surface area contributed by atoms with E-state index >= 15 is 0 Å². The van der Waals surface area contributed by atoms with E-state index in [2.05, 4.69) is 0 Å². The van der Waals surface area contributed by atoms with Gasteiger partial charge in [-0.05, 0) is 24.3 Å². The second-order valence-corrected chi connectivity index (χ2v) is 5.01.